The van der Waals surface area contributed by atoms with Crippen molar-refractivity contribution < 1.29 is 9.53 Å². The first-order chi connectivity index (χ1) is 14.6. The normalized spacial score (nSPS) is 12.5. The quantitative estimate of drug-likeness (QED) is 0.438. The lowest BCUT2D eigenvalue weighted by Crippen LogP contribution is -2.24. The summed E-state index contributed by atoms with van der Waals surface area (Å²) in [5.41, 5.74) is 1.93. The van der Waals surface area contributed by atoms with Crippen LogP contribution in [0.5, 0.6) is 5.75 Å². The van der Waals surface area contributed by atoms with Crippen molar-refractivity contribution in [3.63, 3.8) is 0 Å². The van der Waals surface area contributed by atoms with Crippen molar-refractivity contribution in [3.8, 4) is 11.4 Å². The number of halogens is 1. The molecule has 2 heterocycles. The molecule has 0 radical (unpaired) electrons. The summed E-state index contributed by atoms with van der Waals surface area (Å²) in [6, 6.07) is 14.4. The fourth-order valence-electron chi connectivity index (χ4n) is 3.09. The van der Waals surface area contributed by atoms with Gasteiger partial charge in [-0.3, -0.25) is 14.2 Å². The third-order valence-corrected chi connectivity index (χ3v) is 6.73. The summed E-state index contributed by atoms with van der Waals surface area (Å²) in [7, 11) is 1.53. The van der Waals surface area contributed by atoms with Gasteiger partial charge in [-0.25, -0.2) is 4.98 Å². The summed E-state index contributed by atoms with van der Waals surface area (Å²) in [5.74, 6) is 1.20. The second-order valence-corrected chi connectivity index (χ2v) is 8.91. The monoisotopic (exact) mass is 459 g/mol. The number of para-hydroxylation sites is 1. The van der Waals surface area contributed by atoms with E-state index in [0.29, 0.717) is 26.5 Å². The highest BCUT2D eigenvalue weighted by molar-refractivity contribution is 8.00. The summed E-state index contributed by atoms with van der Waals surface area (Å²) >= 11 is 8.78. The standard InChI is InChI=1S/C21H18ClN3O3S2/c1-28-17-8-7-13(22)11-16(17)23-18(26)12-30-21-24-15-9-10-29-19(15)20(27)25(21)14-5-3-2-4-6-14/h2-8,11H,9-10,12H2,1H3,(H,23,26). The highest BCUT2D eigenvalue weighted by atomic mass is 35.5. The molecule has 0 saturated heterocycles. The van der Waals surface area contributed by atoms with E-state index in [1.54, 1.807) is 22.8 Å². The predicted molar refractivity (Wildman–Crippen MR) is 122 cm³/mol. The molecular weight excluding hydrogens is 442 g/mol. The molecule has 154 valence electrons. The van der Waals surface area contributed by atoms with E-state index >= 15 is 0 Å². The maximum atomic E-state index is 13.1. The first kappa shape index (κ1) is 20.8. The zero-order valence-corrected chi connectivity index (χ0v) is 18.4. The number of hydrogen-bond donors (Lipinski definition) is 1. The van der Waals surface area contributed by atoms with Gasteiger partial charge in [0, 0.05) is 17.2 Å². The van der Waals surface area contributed by atoms with E-state index in [4.69, 9.17) is 21.3 Å². The molecule has 4 rings (SSSR count). The largest absolute Gasteiger partial charge is 0.495 e. The molecule has 2 aromatic carbocycles. The number of methoxy groups -OCH3 is 1. The maximum Gasteiger partial charge on any atom is 0.272 e. The van der Waals surface area contributed by atoms with Gasteiger partial charge in [0.25, 0.3) is 5.56 Å². The predicted octanol–water partition coefficient (Wildman–Crippen LogP) is 4.27. The Bertz CT molecular complexity index is 1150. The SMILES string of the molecule is COc1ccc(Cl)cc1NC(=O)CSc1nc2c(c(=O)n1-c1ccccc1)SCC2. The van der Waals surface area contributed by atoms with Gasteiger partial charge in [0.1, 0.15) is 5.75 Å². The van der Waals surface area contributed by atoms with Crippen LogP contribution < -0.4 is 15.6 Å². The van der Waals surface area contributed by atoms with Crippen LogP contribution in [0, 0.1) is 0 Å². The van der Waals surface area contributed by atoms with E-state index in [1.807, 2.05) is 30.3 Å². The number of ether oxygens (including phenoxy) is 1. The first-order valence-corrected chi connectivity index (χ1v) is 11.5. The van der Waals surface area contributed by atoms with Crippen molar-refractivity contribution in [2.45, 2.75) is 16.5 Å². The minimum absolute atomic E-state index is 0.0842. The Balaban J connectivity index is 1.59. The number of thioether (sulfide) groups is 2. The van der Waals surface area contributed by atoms with Crippen LogP contribution in [-0.2, 0) is 11.2 Å². The zero-order chi connectivity index (χ0) is 21.1. The summed E-state index contributed by atoms with van der Waals surface area (Å²) in [4.78, 5) is 31.1. The summed E-state index contributed by atoms with van der Waals surface area (Å²) < 4.78 is 6.85. The summed E-state index contributed by atoms with van der Waals surface area (Å²) in [6.07, 6.45) is 0.754. The van der Waals surface area contributed by atoms with Crippen LogP contribution in [0.1, 0.15) is 5.69 Å². The fourth-order valence-corrected chi connectivity index (χ4v) is 5.11. The number of fused-ring (bicyclic) bond motifs is 1. The summed E-state index contributed by atoms with van der Waals surface area (Å²) in [6.45, 7) is 0. The molecule has 1 N–H and O–H groups in total. The number of nitrogens with one attached hydrogen (secondary N) is 1. The van der Waals surface area contributed by atoms with Crippen molar-refractivity contribution in [2.24, 2.45) is 0 Å². The fraction of sp³-hybridized carbons (Fsp3) is 0.190. The van der Waals surface area contributed by atoms with Gasteiger partial charge in [0.2, 0.25) is 5.91 Å². The van der Waals surface area contributed by atoms with E-state index in [-0.39, 0.29) is 17.2 Å². The Morgan fingerprint density at radius 2 is 2.10 bits per heavy atom. The number of hydrogen-bond acceptors (Lipinski definition) is 6. The molecule has 1 aliphatic rings. The minimum Gasteiger partial charge on any atom is -0.495 e. The molecule has 0 fully saturated rings. The van der Waals surface area contributed by atoms with Gasteiger partial charge < -0.3 is 10.1 Å². The van der Waals surface area contributed by atoms with Crippen LogP contribution in [-0.4, -0.2) is 34.1 Å². The molecule has 0 saturated carbocycles. The average Bonchev–Trinajstić information content (AvgIpc) is 3.22. The van der Waals surface area contributed by atoms with E-state index in [0.717, 1.165) is 23.6 Å². The topological polar surface area (TPSA) is 73.2 Å². The molecule has 0 atom stereocenters. The van der Waals surface area contributed by atoms with E-state index in [1.165, 1.54) is 30.6 Å². The number of aromatic nitrogens is 2. The van der Waals surface area contributed by atoms with E-state index < -0.39 is 0 Å². The molecule has 1 amide bonds. The van der Waals surface area contributed by atoms with Gasteiger partial charge in [-0.05, 0) is 30.3 Å². The molecule has 1 aliphatic heterocycles. The number of carbonyl (C=O) groups excluding carboxylic acids is 1. The number of aryl methyl sites for hydroxylation is 1. The number of nitrogens with zero attached hydrogens (tertiary/aromatic N) is 2. The van der Waals surface area contributed by atoms with Gasteiger partial charge in [-0.2, -0.15) is 0 Å². The third-order valence-electron chi connectivity index (χ3n) is 4.45. The Hall–Kier alpha value is -2.42. The molecule has 30 heavy (non-hydrogen) atoms. The number of anilines is 1. The van der Waals surface area contributed by atoms with Gasteiger partial charge in [0.15, 0.2) is 5.16 Å². The maximum absolute atomic E-state index is 13.1. The number of benzene rings is 2. The van der Waals surface area contributed by atoms with E-state index in [2.05, 4.69) is 5.32 Å². The highest BCUT2D eigenvalue weighted by Crippen LogP contribution is 2.31. The summed E-state index contributed by atoms with van der Waals surface area (Å²) in [5, 5.41) is 3.81. The lowest BCUT2D eigenvalue weighted by Gasteiger charge is -2.14. The molecule has 0 aliphatic carbocycles. The lowest BCUT2D eigenvalue weighted by molar-refractivity contribution is -0.113. The first-order valence-electron chi connectivity index (χ1n) is 9.17. The van der Waals surface area contributed by atoms with Crippen LogP contribution in [0.2, 0.25) is 5.02 Å². The Kier molecular flexibility index (Phi) is 6.36. The Labute approximate surface area is 187 Å². The molecule has 9 heteroatoms. The van der Waals surface area contributed by atoms with Gasteiger partial charge >= 0.3 is 0 Å². The highest BCUT2D eigenvalue weighted by Gasteiger charge is 2.23. The van der Waals surface area contributed by atoms with Crippen LogP contribution in [0.15, 0.2) is 63.4 Å². The molecule has 3 aromatic rings. The van der Waals surface area contributed by atoms with Crippen molar-refractivity contribution in [3.05, 3.63) is 69.6 Å². The van der Waals surface area contributed by atoms with Gasteiger partial charge in [0.05, 0.1) is 34.8 Å². The van der Waals surface area contributed by atoms with E-state index in [9.17, 15) is 9.59 Å². The smallest absolute Gasteiger partial charge is 0.272 e. The zero-order valence-electron chi connectivity index (χ0n) is 16.1. The average molecular weight is 460 g/mol. The molecule has 6 nitrogen and oxygen atoms in total. The molecule has 0 bridgehead atoms. The van der Waals surface area contributed by atoms with Crippen molar-refractivity contribution in [1.29, 1.82) is 0 Å². The van der Waals surface area contributed by atoms with Gasteiger partial charge in [-0.15, -0.1) is 11.8 Å². The molecule has 0 spiro atoms. The van der Waals surface area contributed by atoms with Gasteiger partial charge in [-0.1, -0.05) is 41.6 Å². The second-order valence-electron chi connectivity index (χ2n) is 6.43. The van der Waals surface area contributed by atoms with Crippen molar-refractivity contribution in [1.82, 2.24) is 9.55 Å². The second kappa shape index (κ2) is 9.16. The number of amides is 1. The number of rotatable bonds is 6. The number of carbonyl (C=O) groups is 1. The molecule has 1 aromatic heterocycles. The Morgan fingerprint density at radius 3 is 2.87 bits per heavy atom. The molecular formula is C21H18ClN3O3S2. The Morgan fingerprint density at radius 1 is 1.30 bits per heavy atom. The lowest BCUT2D eigenvalue weighted by atomic mass is 10.3. The van der Waals surface area contributed by atoms with Crippen LogP contribution >= 0.6 is 35.1 Å². The molecule has 0 unspecified atom stereocenters. The van der Waals surface area contributed by atoms with Crippen LogP contribution in [0.4, 0.5) is 5.69 Å². The van der Waals surface area contributed by atoms with Crippen LogP contribution in [0.3, 0.4) is 0 Å². The van der Waals surface area contributed by atoms with Crippen molar-refractivity contribution in [2.75, 3.05) is 23.9 Å². The minimum atomic E-state index is -0.246. The third kappa shape index (κ3) is 4.35. The van der Waals surface area contributed by atoms with Crippen molar-refractivity contribution >= 4 is 46.7 Å². The van der Waals surface area contributed by atoms with Crippen LogP contribution in [0.25, 0.3) is 5.69 Å².